The van der Waals surface area contributed by atoms with Gasteiger partial charge in [0.15, 0.2) is 0 Å². The normalized spacial score (nSPS) is 19.5. The van der Waals surface area contributed by atoms with Gasteiger partial charge in [0.05, 0.1) is 29.9 Å². The Labute approximate surface area is 246 Å². The predicted molar refractivity (Wildman–Crippen MR) is 159 cm³/mol. The first kappa shape index (κ1) is 28.2. The third-order valence-electron chi connectivity index (χ3n) is 8.91. The predicted octanol–water partition coefficient (Wildman–Crippen LogP) is 6.25. The molecule has 2 aromatic heterocycles. The van der Waals surface area contributed by atoms with Crippen molar-refractivity contribution in [1.29, 1.82) is 0 Å². The SMILES string of the molecule is COCCC(COc1cccc(-c2cccc(-n3ncc(C(=O)O)c3C3CC3c3cn(C)nn3)c2)c1)C1CCCCC1. The van der Waals surface area contributed by atoms with Gasteiger partial charge in [-0.25, -0.2) is 9.48 Å². The minimum Gasteiger partial charge on any atom is -0.493 e. The first-order valence-corrected chi connectivity index (χ1v) is 15.0. The second kappa shape index (κ2) is 12.5. The zero-order chi connectivity index (χ0) is 29.1. The fourth-order valence-electron chi connectivity index (χ4n) is 6.56. The highest BCUT2D eigenvalue weighted by atomic mass is 16.5. The molecule has 2 saturated carbocycles. The number of rotatable bonds is 12. The van der Waals surface area contributed by atoms with Crippen LogP contribution in [0.2, 0.25) is 0 Å². The minimum absolute atomic E-state index is 0.0194. The maximum absolute atomic E-state index is 12.1. The summed E-state index contributed by atoms with van der Waals surface area (Å²) in [5.41, 5.74) is 4.69. The van der Waals surface area contributed by atoms with E-state index in [0.29, 0.717) is 24.1 Å². The average Bonchev–Trinajstić information content (AvgIpc) is 3.46. The topological polar surface area (TPSA) is 104 Å². The van der Waals surface area contributed by atoms with Crippen LogP contribution in [0, 0.1) is 11.8 Å². The molecular weight excluding hydrogens is 530 g/mol. The van der Waals surface area contributed by atoms with E-state index >= 15 is 0 Å². The molecule has 2 aliphatic rings. The fourth-order valence-corrected chi connectivity index (χ4v) is 6.56. The van der Waals surface area contributed by atoms with Crippen molar-refractivity contribution in [3.8, 4) is 22.6 Å². The molecule has 2 aromatic carbocycles. The van der Waals surface area contributed by atoms with E-state index in [1.807, 2.05) is 37.5 Å². The van der Waals surface area contributed by atoms with Crippen LogP contribution in [0.4, 0.5) is 0 Å². The Balaban J connectivity index is 1.22. The van der Waals surface area contributed by atoms with Crippen molar-refractivity contribution in [3.63, 3.8) is 0 Å². The second-order valence-corrected chi connectivity index (χ2v) is 11.8. The molecule has 220 valence electrons. The van der Waals surface area contributed by atoms with Crippen LogP contribution in [0.15, 0.2) is 60.9 Å². The number of hydrogen-bond acceptors (Lipinski definition) is 6. The Morgan fingerprint density at radius 1 is 1.07 bits per heavy atom. The summed E-state index contributed by atoms with van der Waals surface area (Å²) in [4.78, 5) is 12.1. The Bertz CT molecular complexity index is 1520. The number of benzene rings is 2. The van der Waals surface area contributed by atoms with Crippen molar-refractivity contribution < 1.29 is 19.4 Å². The van der Waals surface area contributed by atoms with Gasteiger partial charge in [-0.1, -0.05) is 61.6 Å². The van der Waals surface area contributed by atoms with Gasteiger partial charge in [0.2, 0.25) is 0 Å². The molecule has 3 atom stereocenters. The number of aryl methyl sites for hydroxylation is 1. The molecule has 0 saturated heterocycles. The molecule has 3 unspecified atom stereocenters. The summed E-state index contributed by atoms with van der Waals surface area (Å²) < 4.78 is 15.3. The first-order chi connectivity index (χ1) is 20.5. The highest BCUT2D eigenvalue weighted by Gasteiger charge is 2.46. The highest BCUT2D eigenvalue weighted by Crippen LogP contribution is 2.55. The van der Waals surface area contributed by atoms with Crippen LogP contribution >= 0.6 is 0 Å². The Kier molecular flexibility index (Phi) is 8.37. The number of methoxy groups -OCH3 is 1. The molecule has 6 rings (SSSR count). The van der Waals surface area contributed by atoms with Crippen LogP contribution in [0.5, 0.6) is 5.75 Å². The summed E-state index contributed by atoms with van der Waals surface area (Å²) in [7, 11) is 3.61. The van der Waals surface area contributed by atoms with Crippen molar-refractivity contribution in [2.75, 3.05) is 20.3 Å². The molecule has 0 bridgehead atoms. The lowest BCUT2D eigenvalue weighted by Crippen LogP contribution is -2.25. The van der Waals surface area contributed by atoms with Crippen LogP contribution in [-0.2, 0) is 11.8 Å². The Morgan fingerprint density at radius 2 is 1.86 bits per heavy atom. The first-order valence-electron chi connectivity index (χ1n) is 15.0. The molecule has 9 heteroatoms. The average molecular weight is 570 g/mol. The van der Waals surface area contributed by atoms with Gasteiger partial charge in [-0.05, 0) is 60.1 Å². The van der Waals surface area contributed by atoms with E-state index in [1.165, 1.54) is 38.3 Å². The Morgan fingerprint density at radius 3 is 2.60 bits per heavy atom. The lowest BCUT2D eigenvalue weighted by Gasteiger charge is -2.30. The second-order valence-electron chi connectivity index (χ2n) is 11.8. The molecule has 0 amide bonds. The number of aromatic carboxylic acids is 1. The molecular formula is C33H39N5O4. The number of nitrogens with zero attached hydrogens (tertiary/aromatic N) is 5. The summed E-state index contributed by atoms with van der Waals surface area (Å²) in [6.45, 7) is 1.46. The van der Waals surface area contributed by atoms with Crippen molar-refractivity contribution in [2.24, 2.45) is 18.9 Å². The summed E-state index contributed by atoms with van der Waals surface area (Å²) in [5.74, 6) is 1.23. The van der Waals surface area contributed by atoms with Gasteiger partial charge in [0, 0.05) is 38.8 Å². The molecule has 2 aliphatic carbocycles. The van der Waals surface area contributed by atoms with Crippen LogP contribution in [0.25, 0.3) is 16.8 Å². The van der Waals surface area contributed by atoms with E-state index in [1.54, 1.807) is 16.5 Å². The fraction of sp³-hybridized carbons (Fsp3) is 0.455. The lowest BCUT2D eigenvalue weighted by atomic mass is 9.79. The van der Waals surface area contributed by atoms with Crippen LogP contribution in [0.3, 0.4) is 0 Å². The quantitative estimate of drug-likeness (QED) is 0.215. The van der Waals surface area contributed by atoms with Crippen LogP contribution in [0.1, 0.15) is 78.5 Å². The van der Waals surface area contributed by atoms with Gasteiger partial charge in [-0.2, -0.15) is 5.10 Å². The molecule has 0 aliphatic heterocycles. The number of aromatic nitrogens is 5. The lowest BCUT2D eigenvalue weighted by molar-refractivity contribution is 0.0695. The molecule has 0 spiro atoms. The number of carboxylic acids is 1. The number of ether oxygens (including phenoxy) is 2. The number of hydrogen-bond donors (Lipinski definition) is 1. The summed E-state index contributed by atoms with van der Waals surface area (Å²) in [6, 6.07) is 16.3. The van der Waals surface area contributed by atoms with Gasteiger partial charge in [-0.15, -0.1) is 5.10 Å². The molecule has 9 nitrogen and oxygen atoms in total. The van der Waals surface area contributed by atoms with E-state index in [0.717, 1.165) is 47.7 Å². The molecule has 1 N–H and O–H groups in total. The van der Waals surface area contributed by atoms with Crippen LogP contribution in [-0.4, -0.2) is 56.2 Å². The standard InChI is InChI=1S/C33H39N5O4/c1-37-20-31(35-36-37)28-18-29(28)32-30(33(39)40)19-34-38(32)26-12-6-10-23(16-26)24-11-7-13-27(17-24)42-21-25(14-15-41-2)22-8-4-3-5-9-22/h6-7,10-13,16-17,19-20,22,25,28-29H,3-5,8-9,14-15,18,21H2,1-2H3,(H,39,40). The monoisotopic (exact) mass is 569 g/mol. The summed E-state index contributed by atoms with van der Waals surface area (Å²) >= 11 is 0. The maximum Gasteiger partial charge on any atom is 0.339 e. The van der Waals surface area contributed by atoms with Crippen LogP contribution < -0.4 is 4.74 Å². The number of carbonyl (C=O) groups is 1. The smallest absolute Gasteiger partial charge is 0.339 e. The molecule has 4 aromatic rings. The maximum atomic E-state index is 12.1. The third-order valence-corrected chi connectivity index (χ3v) is 8.91. The minimum atomic E-state index is -0.973. The van der Waals surface area contributed by atoms with Crippen molar-refractivity contribution in [2.45, 2.75) is 56.8 Å². The largest absolute Gasteiger partial charge is 0.493 e. The van der Waals surface area contributed by atoms with Gasteiger partial charge < -0.3 is 14.6 Å². The molecule has 2 fully saturated rings. The van der Waals surface area contributed by atoms with E-state index in [-0.39, 0.29) is 17.4 Å². The summed E-state index contributed by atoms with van der Waals surface area (Å²) in [6.07, 6.45) is 11.7. The molecule has 0 radical (unpaired) electrons. The Hall–Kier alpha value is -3.98. The zero-order valence-corrected chi connectivity index (χ0v) is 24.4. The third kappa shape index (κ3) is 6.11. The number of carboxylic acid groups (broad SMARTS) is 1. The van der Waals surface area contributed by atoms with Crippen molar-refractivity contribution in [3.05, 3.63) is 77.9 Å². The molecule has 2 heterocycles. The van der Waals surface area contributed by atoms with E-state index in [4.69, 9.17) is 9.47 Å². The van der Waals surface area contributed by atoms with Crippen molar-refractivity contribution >= 4 is 5.97 Å². The van der Waals surface area contributed by atoms with E-state index in [9.17, 15) is 9.90 Å². The summed E-state index contributed by atoms with van der Waals surface area (Å²) in [5, 5.41) is 22.8. The van der Waals surface area contributed by atoms with Gasteiger partial charge in [-0.3, -0.25) is 4.68 Å². The van der Waals surface area contributed by atoms with E-state index in [2.05, 4.69) is 39.7 Å². The van der Waals surface area contributed by atoms with E-state index < -0.39 is 5.97 Å². The highest BCUT2D eigenvalue weighted by molar-refractivity contribution is 5.89. The zero-order valence-electron chi connectivity index (χ0n) is 24.4. The van der Waals surface area contributed by atoms with Crippen molar-refractivity contribution in [1.82, 2.24) is 24.8 Å². The van der Waals surface area contributed by atoms with Gasteiger partial charge in [0.25, 0.3) is 0 Å². The van der Waals surface area contributed by atoms with Gasteiger partial charge in [0.1, 0.15) is 11.3 Å². The molecule has 42 heavy (non-hydrogen) atoms. The van der Waals surface area contributed by atoms with Gasteiger partial charge >= 0.3 is 5.97 Å².